The van der Waals surface area contributed by atoms with Gasteiger partial charge in [0.05, 0.1) is 20.1 Å². The van der Waals surface area contributed by atoms with Crippen LogP contribution in [0, 0.1) is 0 Å². The lowest BCUT2D eigenvalue weighted by Crippen LogP contribution is -2.42. The first-order valence-corrected chi connectivity index (χ1v) is 12.5. The molecule has 0 saturated carbocycles. The van der Waals surface area contributed by atoms with Gasteiger partial charge in [0.25, 0.3) is 0 Å². The van der Waals surface area contributed by atoms with Crippen molar-refractivity contribution in [3.63, 3.8) is 0 Å². The summed E-state index contributed by atoms with van der Waals surface area (Å²) < 4.78 is 92.9. The van der Waals surface area contributed by atoms with Crippen LogP contribution in [0.2, 0.25) is 0 Å². The van der Waals surface area contributed by atoms with Crippen LogP contribution in [0.4, 0.5) is 13.2 Å². The number of hydrogen-bond acceptors (Lipinski definition) is 7. The molecule has 12 heteroatoms. The number of sulfone groups is 2. The van der Waals surface area contributed by atoms with Gasteiger partial charge in [0.2, 0.25) is 0 Å². The van der Waals surface area contributed by atoms with Crippen molar-refractivity contribution in [2.24, 2.45) is 0 Å². The minimum absolute atomic E-state index is 0.0181. The van der Waals surface area contributed by atoms with Crippen LogP contribution in [0.5, 0.6) is 5.75 Å². The highest BCUT2D eigenvalue weighted by Crippen LogP contribution is 2.44. The SMILES string of the molecule is CC1(S(=O)(=O)c2cccc(C(F)(F)F)c2)CCOC(c2ncc(S(C)(=O)=O)cc2O)C1. The van der Waals surface area contributed by atoms with Crippen LogP contribution in [0.15, 0.2) is 46.3 Å². The average molecular weight is 479 g/mol. The topological polar surface area (TPSA) is 111 Å². The molecule has 170 valence electrons. The normalized spacial score (nSPS) is 22.9. The van der Waals surface area contributed by atoms with Gasteiger partial charge >= 0.3 is 6.18 Å². The van der Waals surface area contributed by atoms with Crippen molar-refractivity contribution in [2.75, 3.05) is 12.9 Å². The third-order valence-electron chi connectivity index (χ3n) is 5.29. The Morgan fingerprint density at radius 3 is 2.42 bits per heavy atom. The molecule has 0 bridgehead atoms. The number of pyridine rings is 1. The minimum atomic E-state index is -4.69. The molecule has 2 heterocycles. The second-order valence-electron chi connectivity index (χ2n) is 7.64. The van der Waals surface area contributed by atoms with Gasteiger partial charge in [-0.3, -0.25) is 4.98 Å². The molecule has 1 N–H and O–H groups in total. The van der Waals surface area contributed by atoms with Crippen molar-refractivity contribution in [2.45, 2.75) is 46.6 Å². The van der Waals surface area contributed by atoms with E-state index in [0.717, 1.165) is 36.7 Å². The zero-order valence-corrected chi connectivity index (χ0v) is 18.2. The van der Waals surface area contributed by atoms with E-state index < -0.39 is 52.9 Å². The van der Waals surface area contributed by atoms with E-state index in [2.05, 4.69) is 4.98 Å². The third kappa shape index (κ3) is 4.55. The fraction of sp³-hybridized carbons (Fsp3) is 0.421. The zero-order valence-electron chi connectivity index (χ0n) is 16.5. The van der Waals surface area contributed by atoms with Crippen LogP contribution in [0.3, 0.4) is 0 Å². The minimum Gasteiger partial charge on any atom is -0.506 e. The van der Waals surface area contributed by atoms with Gasteiger partial charge in [0, 0.05) is 25.1 Å². The van der Waals surface area contributed by atoms with Crippen LogP contribution in [-0.4, -0.2) is 44.5 Å². The van der Waals surface area contributed by atoms with Gasteiger partial charge < -0.3 is 9.84 Å². The number of ether oxygens (including phenoxy) is 1. The maximum atomic E-state index is 13.3. The molecule has 0 amide bonds. The first-order chi connectivity index (χ1) is 14.1. The summed E-state index contributed by atoms with van der Waals surface area (Å²) in [6.45, 7) is 1.36. The number of halogens is 3. The quantitative estimate of drug-likeness (QED) is 0.716. The van der Waals surface area contributed by atoms with E-state index in [0.29, 0.717) is 6.07 Å². The highest BCUT2D eigenvalue weighted by molar-refractivity contribution is 7.92. The van der Waals surface area contributed by atoms with Gasteiger partial charge in [-0.1, -0.05) is 6.07 Å². The Hall–Kier alpha value is -2.18. The molecule has 0 radical (unpaired) electrons. The molecule has 1 aliphatic rings. The number of aromatic hydroxyl groups is 1. The van der Waals surface area contributed by atoms with Crippen molar-refractivity contribution in [1.82, 2.24) is 4.98 Å². The Balaban J connectivity index is 1.97. The Bertz CT molecular complexity index is 1210. The zero-order chi connectivity index (χ0) is 23.2. The van der Waals surface area contributed by atoms with Crippen LogP contribution >= 0.6 is 0 Å². The van der Waals surface area contributed by atoms with Crippen LogP contribution in [0.1, 0.15) is 37.1 Å². The second kappa shape index (κ2) is 7.75. The Morgan fingerprint density at radius 1 is 1.16 bits per heavy atom. The molecular weight excluding hydrogens is 459 g/mol. The predicted octanol–water partition coefficient (Wildman–Crippen LogP) is 3.29. The van der Waals surface area contributed by atoms with E-state index in [-0.39, 0.29) is 30.0 Å². The molecule has 1 aromatic heterocycles. The summed E-state index contributed by atoms with van der Waals surface area (Å²) in [6, 6.07) is 4.53. The number of aromatic nitrogens is 1. The monoisotopic (exact) mass is 479 g/mol. The van der Waals surface area contributed by atoms with Crippen LogP contribution in [-0.2, 0) is 30.6 Å². The lowest BCUT2D eigenvalue weighted by Gasteiger charge is -2.37. The summed E-state index contributed by atoms with van der Waals surface area (Å²) in [6.07, 6.45) is -3.89. The van der Waals surface area contributed by atoms with Crippen LogP contribution in [0.25, 0.3) is 0 Å². The smallest absolute Gasteiger partial charge is 0.416 e. The molecule has 1 aliphatic heterocycles. The van der Waals surface area contributed by atoms with E-state index in [9.17, 15) is 35.1 Å². The van der Waals surface area contributed by atoms with E-state index in [4.69, 9.17) is 4.74 Å². The summed E-state index contributed by atoms with van der Waals surface area (Å²) in [5.41, 5.74) is -1.12. The Kier molecular flexibility index (Phi) is 5.87. The number of rotatable bonds is 4. The molecule has 2 atom stereocenters. The van der Waals surface area contributed by atoms with Gasteiger partial charge in [0.1, 0.15) is 17.5 Å². The summed E-state index contributed by atoms with van der Waals surface area (Å²) in [4.78, 5) is 3.26. The molecule has 3 rings (SSSR count). The molecule has 1 saturated heterocycles. The molecule has 1 fully saturated rings. The largest absolute Gasteiger partial charge is 0.506 e. The molecular formula is C19H20F3NO6S2. The van der Waals surface area contributed by atoms with E-state index in [1.807, 2.05) is 0 Å². The molecule has 2 aromatic rings. The van der Waals surface area contributed by atoms with E-state index in [1.54, 1.807) is 0 Å². The van der Waals surface area contributed by atoms with Crippen molar-refractivity contribution in [1.29, 1.82) is 0 Å². The Morgan fingerprint density at radius 2 is 1.84 bits per heavy atom. The predicted molar refractivity (Wildman–Crippen MR) is 104 cm³/mol. The molecule has 0 spiro atoms. The lowest BCUT2D eigenvalue weighted by molar-refractivity contribution is -0.137. The molecule has 7 nitrogen and oxygen atoms in total. The van der Waals surface area contributed by atoms with Crippen molar-refractivity contribution in [3.05, 3.63) is 47.8 Å². The fourth-order valence-electron chi connectivity index (χ4n) is 3.41. The van der Waals surface area contributed by atoms with Crippen molar-refractivity contribution in [3.8, 4) is 5.75 Å². The fourth-order valence-corrected chi connectivity index (χ4v) is 5.81. The first kappa shape index (κ1) is 23.5. The van der Waals surface area contributed by atoms with Gasteiger partial charge in [-0.25, -0.2) is 16.8 Å². The summed E-state index contributed by atoms with van der Waals surface area (Å²) in [5, 5.41) is 10.2. The van der Waals surface area contributed by atoms with Crippen LogP contribution < -0.4 is 0 Å². The Labute approximate surface area is 177 Å². The molecule has 0 aliphatic carbocycles. The van der Waals surface area contributed by atoms with Crippen molar-refractivity contribution >= 4 is 19.7 Å². The van der Waals surface area contributed by atoms with Gasteiger partial charge in [-0.15, -0.1) is 0 Å². The van der Waals surface area contributed by atoms with Crippen molar-refractivity contribution < 1.29 is 39.9 Å². The number of nitrogens with zero attached hydrogens (tertiary/aromatic N) is 1. The number of alkyl halides is 3. The van der Waals surface area contributed by atoms with E-state index >= 15 is 0 Å². The lowest BCUT2D eigenvalue weighted by atomic mass is 9.94. The highest BCUT2D eigenvalue weighted by Gasteiger charge is 2.46. The van der Waals surface area contributed by atoms with Gasteiger partial charge in [0.15, 0.2) is 19.7 Å². The van der Waals surface area contributed by atoms with Gasteiger partial charge in [-0.05, 0) is 38.0 Å². The average Bonchev–Trinajstić information content (AvgIpc) is 2.66. The maximum absolute atomic E-state index is 13.3. The highest BCUT2D eigenvalue weighted by atomic mass is 32.2. The summed E-state index contributed by atoms with van der Waals surface area (Å²) in [5.74, 6) is -0.478. The third-order valence-corrected chi connectivity index (χ3v) is 8.92. The number of benzene rings is 1. The van der Waals surface area contributed by atoms with Gasteiger partial charge in [-0.2, -0.15) is 13.2 Å². The van der Waals surface area contributed by atoms with E-state index in [1.165, 1.54) is 6.92 Å². The second-order valence-corrected chi connectivity index (χ2v) is 12.1. The summed E-state index contributed by atoms with van der Waals surface area (Å²) in [7, 11) is -7.84. The maximum Gasteiger partial charge on any atom is 0.416 e. The molecule has 2 unspecified atom stereocenters. The number of hydrogen-bond donors (Lipinski definition) is 1. The molecule has 31 heavy (non-hydrogen) atoms. The standard InChI is InChI=1S/C19H20F3NO6S2/c1-18(31(27,28)13-5-3-4-12(8-13)19(20,21)22)6-7-29-16(10-18)17-15(24)9-14(11-23-17)30(2,25)26/h3-5,8-9,11,16,24H,6-7,10H2,1-2H3. The first-order valence-electron chi connectivity index (χ1n) is 9.08. The molecule has 1 aromatic carbocycles. The summed E-state index contributed by atoms with van der Waals surface area (Å²) >= 11 is 0.